The Morgan fingerprint density at radius 1 is 1.19 bits per heavy atom. The van der Waals surface area contributed by atoms with Crippen molar-refractivity contribution in [2.45, 2.75) is 6.92 Å². The highest BCUT2D eigenvalue weighted by Crippen LogP contribution is 2.20. The second-order valence-electron chi connectivity index (χ2n) is 6.05. The number of hydrogen-bond acceptors (Lipinski definition) is 4. The topological polar surface area (TPSA) is 72.7 Å². The summed E-state index contributed by atoms with van der Waals surface area (Å²) in [5.74, 6) is -0.222. The van der Waals surface area contributed by atoms with Crippen LogP contribution in [-0.4, -0.2) is 25.7 Å². The molecule has 0 unspecified atom stereocenters. The molecule has 1 N–H and O–H groups in total. The molecular formula is C20H17N5O. The van der Waals surface area contributed by atoms with Crippen molar-refractivity contribution in [2.75, 3.05) is 5.32 Å². The lowest BCUT2D eigenvalue weighted by molar-refractivity contribution is -0.111. The molecule has 0 atom stereocenters. The van der Waals surface area contributed by atoms with Crippen molar-refractivity contribution in [1.29, 1.82) is 0 Å². The van der Waals surface area contributed by atoms with Crippen LogP contribution in [0.3, 0.4) is 0 Å². The van der Waals surface area contributed by atoms with Crippen LogP contribution in [-0.2, 0) is 11.8 Å². The first-order valence-electron chi connectivity index (χ1n) is 8.24. The maximum atomic E-state index is 12.3. The van der Waals surface area contributed by atoms with E-state index < -0.39 is 0 Å². The van der Waals surface area contributed by atoms with E-state index in [1.54, 1.807) is 23.2 Å². The van der Waals surface area contributed by atoms with Crippen LogP contribution in [0, 0.1) is 6.92 Å². The molecule has 0 aliphatic rings. The summed E-state index contributed by atoms with van der Waals surface area (Å²) in [7, 11) is 1.85. The first kappa shape index (κ1) is 16.0. The lowest BCUT2D eigenvalue weighted by Gasteiger charge is -2.03. The van der Waals surface area contributed by atoms with E-state index in [0.29, 0.717) is 5.69 Å². The molecule has 6 heteroatoms. The Labute approximate surface area is 150 Å². The molecule has 0 aliphatic carbocycles. The lowest BCUT2D eigenvalue weighted by Crippen LogP contribution is -2.08. The number of pyridine rings is 2. The normalized spacial score (nSPS) is 11.5. The Balaban J connectivity index is 1.57. The van der Waals surface area contributed by atoms with E-state index in [1.807, 2.05) is 50.4 Å². The molecule has 0 saturated carbocycles. The van der Waals surface area contributed by atoms with E-state index in [9.17, 15) is 4.79 Å². The molecule has 0 spiro atoms. The van der Waals surface area contributed by atoms with E-state index in [2.05, 4.69) is 20.4 Å². The standard InChI is InChI=1S/C20H17N5O/c1-13-17-11-16(12-22-20(17)25(2)24-13)23-18(26)9-8-15-6-3-5-14-7-4-10-21-19(14)15/h3-12H,1-2H3,(H,23,26)/b9-8+. The number of nitrogens with zero attached hydrogens (tertiary/aromatic N) is 4. The minimum absolute atomic E-state index is 0.222. The maximum Gasteiger partial charge on any atom is 0.248 e. The fourth-order valence-electron chi connectivity index (χ4n) is 2.99. The lowest BCUT2D eigenvalue weighted by atomic mass is 10.1. The summed E-state index contributed by atoms with van der Waals surface area (Å²) in [6.45, 7) is 1.92. The molecular weight excluding hydrogens is 326 g/mol. The monoisotopic (exact) mass is 343 g/mol. The first-order valence-corrected chi connectivity index (χ1v) is 8.24. The van der Waals surface area contributed by atoms with Gasteiger partial charge in [-0.2, -0.15) is 5.10 Å². The third-order valence-corrected chi connectivity index (χ3v) is 4.21. The minimum atomic E-state index is -0.222. The smallest absolute Gasteiger partial charge is 0.248 e. The summed E-state index contributed by atoms with van der Waals surface area (Å²) in [5.41, 5.74) is 4.07. The number of benzene rings is 1. The van der Waals surface area contributed by atoms with Crippen LogP contribution < -0.4 is 5.32 Å². The number of aryl methyl sites for hydroxylation is 2. The van der Waals surface area contributed by atoms with E-state index in [0.717, 1.165) is 33.2 Å². The van der Waals surface area contributed by atoms with Crippen LogP contribution in [0.4, 0.5) is 5.69 Å². The molecule has 0 fully saturated rings. The largest absolute Gasteiger partial charge is 0.321 e. The van der Waals surface area contributed by atoms with Gasteiger partial charge in [-0.15, -0.1) is 0 Å². The van der Waals surface area contributed by atoms with Gasteiger partial charge in [0, 0.05) is 35.7 Å². The highest BCUT2D eigenvalue weighted by atomic mass is 16.1. The molecule has 0 aliphatic heterocycles. The minimum Gasteiger partial charge on any atom is -0.321 e. The molecule has 3 heterocycles. The van der Waals surface area contributed by atoms with Crippen LogP contribution in [0.1, 0.15) is 11.3 Å². The summed E-state index contributed by atoms with van der Waals surface area (Å²) >= 11 is 0. The molecule has 0 bridgehead atoms. The van der Waals surface area contributed by atoms with Gasteiger partial charge in [-0.05, 0) is 25.1 Å². The number of amides is 1. The van der Waals surface area contributed by atoms with Gasteiger partial charge in [0.1, 0.15) is 0 Å². The molecule has 6 nitrogen and oxygen atoms in total. The van der Waals surface area contributed by atoms with Crippen LogP contribution in [0.2, 0.25) is 0 Å². The van der Waals surface area contributed by atoms with E-state index in [1.165, 1.54) is 6.08 Å². The molecule has 1 amide bonds. The van der Waals surface area contributed by atoms with Gasteiger partial charge in [0.15, 0.2) is 5.65 Å². The zero-order valence-electron chi connectivity index (χ0n) is 14.5. The van der Waals surface area contributed by atoms with Crippen molar-refractivity contribution in [2.24, 2.45) is 7.05 Å². The molecule has 0 radical (unpaired) electrons. The summed E-state index contributed by atoms with van der Waals surface area (Å²) in [5, 5.41) is 9.14. The van der Waals surface area contributed by atoms with Gasteiger partial charge < -0.3 is 5.32 Å². The Kier molecular flexibility index (Phi) is 3.93. The first-order chi connectivity index (χ1) is 12.6. The Bertz CT molecular complexity index is 1150. The zero-order valence-corrected chi connectivity index (χ0v) is 14.5. The Morgan fingerprint density at radius 2 is 2.04 bits per heavy atom. The van der Waals surface area contributed by atoms with Gasteiger partial charge in [-0.1, -0.05) is 24.3 Å². The van der Waals surface area contributed by atoms with Crippen molar-refractivity contribution in [3.05, 3.63) is 66.1 Å². The van der Waals surface area contributed by atoms with Gasteiger partial charge in [-0.3, -0.25) is 14.5 Å². The molecule has 1 aromatic carbocycles. The average Bonchev–Trinajstić information content (AvgIpc) is 2.93. The number of anilines is 1. The zero-order chi connectivity index (χ0) is 18.1. The quantitative estimate of drug-likeness (QED) is 0.578. The van der Waals surface area contributed by atoms with Crippen molar-refractivity contribution >= 4 is 39.6 Å². The van der Waals surface area contributed by atoms with E-state index >= 15 is 0 Å². The van der Waals surface area contributed by atoms with Crippen molar-refractivity contribution in [3.8, 4) is 0 Å². The average molecular weight is 343 g/mol. The number of carbonyl (C=O) groups is 1. The van der Waals surface area contributed by atoms with E-state index in [4.69, 9.17) is 0 Å². The van der Waals surface area contributed by atoms with Gasteiger partial charge in [0.2, 0.25) is 5.91 Å². The predicted octanol–water partition coefficient (Wildman–Crippen LogP) is 3.48. The molecule has 0 saturated heterocycles. The Morgan fingerprint density at radius 3 is 2.92 bits per heavy atom. The number of fused-ring (bicyclic) bond motifs is 2. The molecule has 4 rings (SSSR count). The second-order valence-corrected chi connectivity index (χ2v) is 6.05. The second kappa shape index (κ2) is 6.40. The highest BCUT2D eigenvalue weighted by Gasteiger charge is 2.08. The molecule has 4 aromatic rings. The molecule has 3 aromatic heterocycles. The highest BCUT2D eigenvalue weighted by molar-refractivity contribution is 6.03. The number of hydrogen-bond donors (Lipinski definition) is 1. The summed E-state index contributed by atoms with van der Waals surface area (Å²) in [6, 6.07) is 11.7. The predicted molar refractivity (Wildman–Crippen MR) is 103 cm³/mol. The number of carbonyl (C=O) groups excluding carboxylic acids is 1. The van der Waals surface area contributed by atoms with Gasteiger partial charge in [0.25, 0.3) is 0 Å². The number of rotatable bonds is 3. The van der Waals surface area contributed by atoms with Gasteiger partial charge in [0.05, 0.1) is 23.1 Å². The summed E-state index contributed by atoms with van der Waals surface area (Å²) in [6.07, 6.45) is 6.65. The molecule has 26 heavy (non-hydrogen) atoms. The summed E-state index contributed by atoms with van der Waals surface area (Å²) in [4.78, 5) is 21.0. The third-order valence-electron chi connectivity index (χ3n) is 4.21. The molecule has 128 valence electrons. The van der Waals surface area contributed by atoms with Crippen molar-refractivity contribution in [1.82, 2.24) is 19.7 Å². The van der Waals surface area contributed by atoms with Gasteiger partial charge in [-0.25, -0.2) is 4.98 Å². The van der Waals surface area contributed by atoms with Gasteiger partial charge >= 0.3 is 0 Å². The summed E-state index contributed by atoms with van der Waals surface area (Å²) < 4.78 is 1.73. The van der Waals surface area contributed by atoms with E-state index in [-0.39, 0.29) is 5.91 Å². The third kappa shape index (κ3) is 2.93. The van der Waals surface area contributed by atoms with Crippen molar-refractivity contribution in [3.63, 3.8) is 0 Å². The number of nitrogens with one attached hydrogen (secondary N) is 1. The Hall–Kier alpha value is -3.54. The maximum absolute atomic E-state index is 12.3. The van der Waals surface area contributed by atoms with Crippen LogP contribution in [0.5, 0.6) is 0 Å². The number of aromatic nitrogens is 4. The SMILES string of the molecule is Cc1nn(C)c2ncc(NC(=O)/C=C/c3cccc4cccnc34)cc12. The van der Waals surface area contributed by atoms with Crippen LogP contribution >= 0.6 is 0 Å². The van der Waals surface area contributed by atoms with Crippen LogP contribution in [0.15, 0.2) is 54.9 Å². The fourth-order valence-corrected chi connectivity index (χ4v) is 2.99. The van der Waals surface area contributed by atoms with Crippen molar-refractivity contribution < 1.29 is 4.79 Å². The fraction of sp³-hybridized carbons (Fsp3) is 0.100. The van der Waals surface area contributed by atoms with Crippen LogP contribution in [0.25, 0.3) is 28.0 Å². The number of para-hydroxylation sites is 1.